The lowest BCUT2D eigenvalue weighted by Crippen LogP contribution is -2.29. The summed E-state index contributed by atoms with van der Waals surface area (Å²) in [6.45, 7) is 9.81. The number of aliphatic hydroxyl groups excluding tert-OH is 1. The van der Waals surface area contributed by atoms with Crippen LogP contribution in [-0.2, 0) is 20.7 Å². The quantitative estimate of drug-likeness (QED) is 0.0678. The minimum atomic E-state index is -1.02. The molecule has 1 fully saturated rings. The number of hydrogen-bond donors (Lipinski definition) is 1. The molecule has 2 aliphatic heterocycles. The molecule has 0 aliphatic carbocycles. The molecule has 1 aromatic heterocycles. The topological polar surface area (TPSA) is 115 Å². The number of carbonyl (C=O) groups excluding carboxylic acids is 3. The van der Waals surface area contributed by atoms with Crippen LogP contribution in [-0.4, -0.2) is 47.1 Å². The van der Waals surface area contributed by atoms with Crippen LogP contribution in [0.5, 0.6) is 11.5 Å². The van der Waals surface area contributed by atoms with Crippen LogP contribution < -0.4 is 14.4 Å². The number of anilines is 1. The van der Waals surface area contributed by atoms with Gasteiger partial charge in [-0.25, -0.2) is 9.78 Å². The number of nitrogens with zero attached hydrogens (tertiary/aromatic N) is 2. The number of unbranched alkanes of at least 4 members (excludes halogenated alkanes) is 2. The molecule has 1 saturated heterocycles. The highest BCUT2D eigenvalue weighted by molar-refractivity contribution is 7.17. The Bertz CT molecular complexity index is 1610. The Labute approximate surface area is 254 Å². The number of ether oxygens (including phenoxy) is 3. The molecule has 2 aliphatic rings. The number of fused-ring (bicyclic) bond motifs is 1. The number of aryl methyl sites for hydroxylation is 1. The summed E-state index contributed by atoms with van der Waals surface area (Å²) in [7, 11) is 0. The molecule has 0 spiro atoms. The van der Waals surface area contributed by atoms with E-state index in [9.17, 15) is 19.5 Å². The maximum Gasteiger partial charge on any atom is 0.350 e. The van der Waals surface area contributed by atoms with Crippen LogP contribution in [0.15, 0.2) is 60.7 Å². The molecule has 9 nitrogen and oxygen atoms in total. The molecule has 3 aromatic rings. The number of carbonyl (C=O) groups is 3. The zero-order valence-electron chi connectivity index (χ0n) is 24.4. The van der Waals surface area contributed by atoms with Gasteiger partial charge in [-0.1, -0.05) is 55.9 Å². The number of aromatic nitrogens is 1. The zero-order chi connectivity index (χ0) is 30.7. The van der Waals surface area contributed by atoms with Crippen molar-refractivity contribution in [2.24, 2.45) is 0 Å². The molecule has 43 heavy (non-hydrogen) atoms. The molecule has 2 atom stereocenters. The minimum Gasteiger partial charge on any atom is -0.507 e. The highest BCUT2D eigenvalue weighted by atomic mass is 32.1. The van der Waals surface area contributed by atoms with Gasteiger partial charge in [-0.15, -0.1) is 0 Å². The van der Waals surface area contributed by atoms with E-state index in [1.165, 1.54) is 11.0 Å². The number of esters is 1. The van der Waals surface area contributed by atoms with Crippen LogP contribution >= 0.6 is 11.3 Å². The van der Waals surface area contributed by atoms with Crippen molar-refractivity contribution in [1.29, 1.82) is 0 Å². The van der Waals surface area contributed by atoms with Crippen molar-refractivity contribution < 1.29 is 33.7 Å². The summed E-state index contributed by atoms with van der Waals surface area (Å²) >= 11 is 0.950. The number of hydrogen-bond acceptors (Lipinski definition) is 9. The number of rotatable bonds is 11. The second-order valence-corrected chi connectivity index (χ2v) is 11.5. The standard InChI is InChI=1S/C33H34N2O7S/c1-5-7-8-15-40-24-11-9-10-21(18-24)27-26(28(36)22-12-13-25-23(17-22)16-19(3)42-25)29(37)31(38)35(27)33-34-20(4)30(43-33)32(39)41-14-6-2/h6,9-13,17-19,27,36H,2,5,7-8,14-16H2,1,3-4H3/b28-26-. The average Bonchev–Trinajstić information content (AvgIpc) is 3.65. The van der Waals surface area contributed by atoms with Gasteiger partial charge < -0.3 is 19.3 Å². The van der Waals surface area contributed by atoms with Gasteiger partial charge in [0.2, 0.25) is 0 Å². The molecular formula is C33H34N2O7S. The smallest absolute Gasteiger partial charge is 0.350 e. The summed E-state index contributed by atoms with van der Waals surface area (Å²) < 4.78 is 17.0. The van der Waals surface area contributed by atoms with Crippen LogP contribution in [0.4, 0.5) is 5.13 Å². The maximum atomic E-state index is 13.7. The fourth-order valence-corrected chi connectivity index (χ4v) is 6.25. The second kappa shape index (κ2) is 12.8. The summed E-state index contributed by atoms with van der Waals surface area (Å²) in [6.07, 6.45) is 5.10. The molecule has 1 N–H and O–H groups in total. The Morgan fingerprint density at radius 3 is 2.81 bits per heavy atom. The van der Waals surface area contributed by atoms with Crippen LogP contribution in [0, 0.1) is 6.92 Å². The third kappa shape index (κ3) is 6.06. The zero-order valence-corrected chi connectivity index (χ0v) is 25.2. The Hall–Kier alpha value is -4.44. The number of Topliss-reactive ketones (excluding diaryl/α,β-unsaturated/α-hetero) is 1. The Morgan fingerprint density at radius 1 is 1.23 bits per heavy atom. The van der Waals surface area contributed by atoms with Gasteiger partial charge in [0, 0.05) is 12.0 Å². The summed E-state index contributed by atoms with van der Waals surface area (Å²) in [6, 6.07) is 11.3. The summed E-state index contributed by atoms with van der Waals surface area (Å²) in [4.78, 5) is 46.0. The molecule has 2 unspecified atom stereocenters. The molecular weight excluding hydrogens is 568 g/mol. The highest BCUT2D eigenvalue weighted by Crippen LogP contribution is 2.45. The van der Waals surface area contributed by atoms with Crippen molar-refractivity contribution in [3.63, 3.8) is 0 Å². The first-order valence-electron chi connectivity index (χ1n) is 14.3. The predicted octanol–water partition coefficient (Wildman–Crippen LogP) is 6.31. The van der Waals surface area contributed by atoms with E-state index in [2.05, 4.69) is 18.5 Å². The number of aliphatic hydroxyl groups is 1. The van der Waals surface area contributed by atoms with Crippen LogP contribution in [0.3, 0.4) is 0 Å². The van der Waals surface area contributed by atoms with Crippen LogP contribution in [0.1, 0.15) is 71.2 Å². The van der Waals surface area contributed by atoms with Crippen molar-refractivity contribution in [2.75, 3.05) is 18.1 Å². The summed E-state index contributed by atoms with van der Waals surface area (Å²) in [5.41, 5.74) is 2.13. The summed E-state index contributed by atoms with van der Waals surface area (Å²) in [5.74, 6) is -1.33. The molecule has 10 heteroatoms. The number of ketones is 1. The van der Waals surface area contributed by atoms with Gasteiger partial charge in [0.1, 0.15) is 34.8 Å². The van der Waals surface area contributed by atoms with Gasteiger partial charge >= 0.3 is 11.9 Å². The lowest BCUT2D eigenvalue weighted by Gasteiger charge is -2.23. The van der Waals surface area contributed by atoms with Crippen molar-refractivity contribution in [3.05, 3.63) is 88.0 Å². The van der Waals surface area contributed by atoms with Gasteiger partial charge in [0.15, 0.2) is 5.13 Å². The van der Waals surface area contributed by atoms with Gasteiger partial charge in [0.25, 0.3) is 5.78 Å². The molecule has 1 amide bonds. The fraction of sp³-hybridized carbons (Fsp3) is 0.333. The van der Waals surface area contributed by atoms with E-state index in [4.69, 9.17) is 14.2 Å². The van der Waals surface area contributed by atoms with E-state index >= 15 is 0 Å². The molecule has 2 aromatic carbocycles. The van der Waals surface area contributed by atoms with Crippen molar-refractivity contribution >= 4 is 39.9 Å². The molecule has 5 rings (SSSR count). The Morgan fingerprint density at radius 2 is 2.05 bits per heavy atom. The van der Waals surface area contributed by atoms with E-state index < -0.39 is 23.7 Å². The minimum absolute atomic E-state index is 0.00134. The number of amides is 1. The monoisotopic (exact) mass is 602 g/mol. The normalized spacial score (nSPS) is 18.8. The van der Waals surface area contributed by atoms with E-state index in [0.29, 0.717) is 35.6 Å². The largest absolute Gasteiger partial charge is 0.507 e. The van der Waals surface area contributed by atoms with Crippen LogP contribution in [0.2, 0.25) is 0 Å². The highest BCUT2D eigenvalue weighted by Gasteiger charge is 2.48. The number of benzene rings is 2. The predicted molar refractivity (Wildman–Crippen MR) is 164 cm³/mol. The molecule has 3 heterocycles. The Balaban J connectivity index is 1.61. The first-order valence-corrected chi connectivity index (χ1v) is 15.1. The Kier molecular flexibility index (Phi) is 8.96. The lowest BCUT2D eigenvalue weighted by molar-refractivity contribution is -0.132. The van der Waals surface area contributed by atoms with E-state index in [0.717, 1.165) is 41.9 Å². The lowest BCUT2D eigenvalue weighted by atomic mass is 9.94. The number of thiazole rings is 1. The maximum absolute atomic E-state index is 13.7. The van der Waals surface area contributed by atoms with Crippen molar-refractivity contribution in [3.8, 4) is 11.5 Å². The van der Waals surface area contributed by atoms with Crippen molar-refractivity contribution in [2.45, 2.75) is 58.6 Å². The van der Waals surface area contributed by atoms with Crippen molar-refractivity contribution in [1.82, 2.24) is 4.98 Å². The molecule has 0 radical (unpaired) electrons. The van der Waals surface area contributed by atoms with E-state index in [-0.39, 0.29) is 34.1 Å². The van der Waals surface area contributed by atoms with E-state index in [1.807, 2.05) is 13.0 Å². The van der Waals surface area contributed by atoms with Gasteiger partial charge in [-0.3, -0.25) is 14.5 Å². The van der Waals surface area contributed by atoms with Gasteiger partial charge in [0.05, 0.1) is 23.9 Å². The molecule has 224 valence electrons. The van der Waals surface area contributed by atoms with Gasteiger partial charge in [-0.2, -0.15) is 0 Å². The van der Waals surface area contributed by atoms with Crippen LogP contribution in [0.25, 0.3) is 5.76 Å². The fourth-order valence-electron chi connectivity index (χ4n) is 5.26. The first-order chi connectivity index (χ1) is 20.7. The molecule has 0 saturated carbocycles. The molecule has 0 bridgehead atoms. The third-order valence-electron chi connectivity index (χ3n) is 7.31. The SMILES string of the molecule is C=CCOC(=O)c1sc(N2C(=O)C(=O)/C(=C(\O)c3ccc4c(c3)CC(C)O4)C2c2cccc(OCCCCC)c2)nc1C. The summed E-state index contributed by atoms with van der Waals surface area (Å²) in [5, 5.41) is 11.8. The van der Waals surface area contributed by atoms with E-state index in [1.54, 1.807) is 43.3 Å². The average molecular weight is 603 g/mol. The third-order valence-corrected chi connectivity index (χ3v) is 8.45. The second-order valence-electron chi connectivity index (χ2n) is 10.6. The van der Waals surface area contributed by atoms with Gasteiger partial charge in [-0.05, 0) is 61.7 Å². The first kappa shape index (κ1) is 30.0.